The van der Waals surface area contributed by atoms with Crippen LogP contribution in [0, 0.1) is 11.8 Å². The minimum atomic E-state index is 0.337. The second-order valence-corrected chi connectivity index (χ2v) is 7.54. The Bertz CT molecular complexity index is 326. The fourth-order valence-corrected chi connectivity index (χ4v) is 4.35. The molecule has 0 spiro atoms. The number of amides is 1. The summed E-state index contributed by atoms with van der Waals surface area (Å²) in [6.07, 6.45) is 15.8. The van der Waals surface area contributed by atoms with Crippen molar-refractivity contribution in [3.8, 4) is 0 Å². The number of unbranched alkanes of at least 4 members (excludes halogenated alkanes) is 4. The number of rotatable bonds is 10. The van der Waals surface area contributed by atoms with E-state index in [2.05, 4.69) is 6.92 Å². The molecular formula is C20H37NO2. The molecule has 3 nitrogen and oxygen atoms in total. The molecule has 2 fully saturated rings. The van der Waals surface area contributed by atoms with E-state index in [1.807, 2.05) is 4.90 Å². The van der Waals surface area contributed by atoms with Gasteiger partial charge in [-0.05, 0) is 18.3 Å². The Morgan fingerprint density at radius 2 is 1.61 bits per heavy atom. The Morgan fingerprint density at radius 3 is 2.30 bits per heavy atom. The van der Waals surface area contributed by atoms with Crippen LogP contribution in [0.3, 0.4) is 0 Å². The summed E-state index contributed by atoms with van der Waals surface area (Å²) in [6.45, 7) is 5.32. The minimum absolute atomic E-state index is 0.337. The molecule has 134 valence electrons. The van der Waals surface area contributed by atoms with Gasteiger partial charge in [-0.1, -0.05) is 71.1 Å². The third kappa shape index (κ3) is 6.82. The van der Waals surface area contributed by atoms with Crippen molar-refractivity contribution in [3.05, 3.63) is 0 Å². The average molecular weight is 324 g/mol. The molecular weight excluding hydrogens is 286 g/mol. The lowest BCUT2D eigenvalue weighted by molar-refractivity contribution is -0.135. The number of carbonyl (C=O) groups excluding carboxylic acids is 1. The van der Waals surface area contributed by atoms with Gasteiger partial charge < -0.3 is 9.64 Å². The molecule has 0 bridgehead atoms. The highest BCUT2D eigenvalue weighted by Crippen LogP contribution is 2.38. The quantitative estimate of drug-likeness (QED) is 0.541. The van der Waals surface area contributed by atoms with E-state index < -0.39 is 0 Å². The SMILES string of the molecule is CCCCC1CCCC1CCCCCCC(=O)N1CCOCC1. The molecule has 2 atom stereocenters. The van der Waals surface area contributed by atoms with Gasteiger partial charge in [0.05, 0.1) is 13.2 Å². The number of hydrogen-bond acceptors (Lipinski definition) is 2. The van der Waals surface area contributed by atoms with E-state index in [1.54, 1.807) is 0 Å². The molecule has 23 heavy (non-hydrogen) atoms. The van der Waals surface area contributed by atoms with Gasteiger partial charge in [0.25, 0.3) is 0 Å². The van der Waals surface area contributed by atoms with E-state index in [0.717, 1.165) is 37.8 Å². The lowest BCUT2D eigenvalue weighted by Crippen LogP contribution is -2.40. The summed E-state index contributed by atoms with van der Waals surface area (Å²) in [5.74, 6) is 2.37. The van der Waals surface area contributed by atoms with Gasteiger partial charge in [-0.2, -0.15) is 0 Å². The highest BCUT2D eigenvalue weighted by atomic mass is 16.5. The highest BCUT2D eigenvalue weighted by Gasteiger charge is 2.25. The van der Waals surface area contributed by atoms with Crippen molar-refractivity contribution in [2.45, 2.75) is 84.0 Å². The van der Waals surface area contributed by atoms with Gasteiger partial charge in [-0.3, -0.25) is 4.79 Å². The Morgan fingerprint density at radius 1 is 0.957 bits per heavy atom. The van der Waals surface area contributed by atoms with Gasteiger partial charge in [0.2, 0.25) is 5.91 Å². The van der Waals surface area contributed by atoms with Crippen molar-refractivity contribution >= 4 is 5.91 Å². The van der Waals surface area contributed by atoms with Crippen LogP contribution < -0.4 is 0 Å². The molecule has 3 heteroatoms. The van der Waals surface area contributed by atoms with Crippen molar-refractivity contribution in [1.29, 1.82) is 0 Å². The third-order valence-electron chi connectivity index (χ3n) is 5.82. The monoisotopic (exact) mass is 323 g/mol. The van der Waals surface area contributed by atoms with Crippen molar-refractivity contribution in [1.82, 2.24) is 4.90 Å². The van der Waals surface area contributed by atoms with Crippen molar-refractivity contribution in [3.63, 3.8) is 0 Å². The minimum Gasteiger partial charge on any atom is -0.378 e. The summed E-state index contributed by atoms with van der Waals surface area (Å²) >= 11 is 0. The first kappa shape index (κ1) is 18.8. The molecule has 1 saturated carbocycles. The number of hydrogen-bond donors (Lipinski definition) is 0. The summed E-state index contributed by atoms with van der Waals surface area (Å²) in [5, 5.41) is 0. The van der Waals surface area contributed by atoms with E-state index in [0.29, 0.717) is 19.1 Å². The first-order valence-electron chi connectivity index (χ1n) is 10.2. The van der Waals surface area contributed by atoms with E-state index in [-0.39, 0.29) is 0 Å². The molecule has 0 aromatic rings. The Kier molecular flexibility index (Phi) is 9.03. The maximum absolute atomic E-state index is 12.1. The van der Waals surface area contributed by atoms with Gasteiger partial charge in [0.1, 0.15) is 0 Å². The van der Waals surface area contributed by atoms with Crippen LogP contribution in [0.15, 0.2) is 0 Å². The summed E-state index contributed by atoms with van der Waals surface area (Å²) in [7, 11) is 0. The van der Waals surface area contributed by atoms with Crippen LogP contribution in [0.1, 0.15) is 84.0 Å². The summed E-state index contributed by atoms with van der Waals surface area (Å²) in [6, 6.07) is 0. The molecule has 0 radical (unpaired) electrons. The van der Waals surface area contributed by atoms with Gasteiger partial charge in [-0.15, -0.1) is 0 Å². The summed E-state index contributed by atoms with van der Waals surface area (Å²) < 4.78 is 5.30. The molecule has 1 amide bonds. The maximum atomic E-state index is 12.1. The topological polar surface area (TPSA) is 29.5 Å². The number of carbonyl (C=O) groups is 1. The fourth-order valence-electron chi connectivity index (χ4n) is 4.35. The zero-order chi connectivity index (χ0) is 16.3. The Hall–Kier alpha value is -0.570. The number of morpholine rings is 1. The van der Waals surface area contributed by atoms with Crippen LogP contribution >= 0.6 is 0 Å². The number of nitrogens with zero attached hydrogens (tertiary/aromatic N) is 1. The predicted octanol–water partition coefficient (Wildman–Crippen LogP) is 4.79. The van der Waals surface area contributed by atoms with Crippen molar-refractivity contribution in [2.24, 2.45) is 11.8 Å². The molecule has 1 aliphatic carbocycles. The van der Waals surface area contributed by atoms with Crippen LogP contribution in [-0.2, 0) is 9.53 Å². The largest absolute Gasteiger partial charge is 0.378 e. The van der Waals surface area contributed by atoms with Gasteiger partial charge in [0.15, 0.2) is 0 Å². The zero-order valence-electron chi connectivity index (χ0n) is 15.2. The molecule has 2 aliphatic rings. The molecule has 2 unspecified atom stereocenters. The van der Waals surface area contributed by atoms with Gasteiger partial charge >= 0.3 is 0 Å². The smallest absolute Gasteiger partial charge is 0.222 e. The first-order chi connectivity index (χ1) is 11.3. The van der Waals surface area contributed by atoms with Crippen LogP contribution in [-0.4, -0.2) is 37.1 Å². The van der Waals surface area contributed by atoms with Crippen LogP contribution in [0.4, 0.5) is 0 Å². The van der Waals surface area contributed by atoms with Crippen molar-refractivity contribution in [2.75, 3.05) is 26.3 Å². The van der Waals surface area contributed by atoms with Crippen LogP contribution in [0.2, 0.25) is 0 Å². The lowest BCUT2D eigenvalue weighted by atomic mass is 9.87. The fraction of sp³-hybridized carbons (Fsp3) is 0.950. The molecule has 0 aromatic heterocycles. The first-order valence-corrected chi connectivity index (χ1v) is 10.2. The van der Waals surface area contributed by atoms with Crippen LogP contribution in [0.5, 0.6) is 0 Å². The van der Waals surface area contributed by atoms with Crippen LogP contribution in [0.25, 0.3) is 0 Å². The molecule has 1 aliphatic heterocycles. The second kappa shape index (κ2) is 11.1. The molecule has 1 heterocycles. The van der Waals surface area contributed by atoms with Gasteiger partial charge in [-0.25, -0.2) is 0 Å². The highest BCUT2D eigenvalue weighted by molar-refractivity contribution is 5.76. The van der Waals surface area contributed by atoms with Gasteiger partial charge in [0, 0.05) is 19.5 Å². The van der Waals surface area contributed by atoms with E-state index in [9.17, 15) is 4.79 Å². The summed E-state index contributed by atoms with van der Waals surface area (Å²) in [4.78, 5) is 14.0. The van der Waals surface area contributed by atoms with Crippen molar-refractivity contribution < 1.29 is 9.53 Å². The average Bonchev–Trinajstić information content (AvgIpc) is 3.04. The number of ether oxygens (including phenoxy) is 1. The summed E-state index contributed by atoms with van der Waals surface area (Å²) in [5.41, 5.74) is 0. The second-order valence-electron chi connectivity index (χ2n) is 7.54. The molecule has 0 aromatic carbocycles. The molecule has 2 rings (SSSR count). The predicted molar refractivity (Wildman–Crippen MR) is 95.5 cm³/mol. The molecule has 0 N–H and O–H groups in total. The standard InChI is InChI=1S/C20H37NO2/c1-2-3-9-18-11-8-12-19(18)10-6-4-5-7-13-20(22)21-14-16-23-17-15-21/h18-19H,2-17H2,1H3. The third-order valence-corrected chi connectivity index (χ3v) is 5.82. The van der Waals surface area contributed by atoms with E-state index >= 15 is 0 Å². The maximum Gasteiger partial charge on any atom is 0.222 e. The van der Waals surface area contributed by atoms with E-state index in [1.165, 1.54) is 64.2 Å². The zero-order valence-corrected chi connectivity index (χ0v) is 15.2. The van der Waals surface area contributed by atoms with E-state index in [4.69, 9.17) is 4.74 Å². The Labute approximate surface area is 143 Å². The molecule has 1 saturated heterocycles. The normalized spacial score (nSPS) is 25.0. The Balaban J connectivity index is 1.48. The lowest BCUT2D eigenvalue weighted by Gasteiger charge is -2.26.